The molecular formula is C14H13NO2. The average Bonchev–Trinajstić information content (AvgIpc) is 3.11. The Kier molecular flexibility index (Phi) is 2.25. The lowest BCUT2D eigenvalue weighted by Crippen LogP contribution is -2.25. The molecule has 2 aromatic rings. The lowest BCUT2D eigenvalue weighted by atomic mass is 10.0. The molecule has 0 aliphatic heterocycles. The summed E-state index contributed by atoms with van der Waals surface area (Å²) in [5, 5.41) is 14.2. The van der Waals surface area contributed by atoms with Crippen molar-refractivity contribution in [1.82, 2.24) is 5.32 Å². The molecule has 3 rings (SSSR count). The topological polar surface area (TPSA) is 49.3 Å². The van der Waals surface area contributed by atoms with E-state index in [1.165, 1.54) is 0 Å². The molecule has 1 aliphatic carbocycles. The van der Waals surface area contributed by atoms with Crippen molar-refractivity contribution in [2.45, 2.75) is 18.9 Å². The highest BCUT2D eigenvalue weighted by atomic mass is 16.3. The highest BCUT2D eigenvalue weighted by molar-refractivity contribution is 6.07. The summed E-state index contributed by atoms with van der Waals surface area (Å²) < 4.78 is 0. The molecule has 0 aromatic heterocycles. The van der Waals surface area contributed by atoms with E-state index in [4.69, 9.17) is 0 Å². The van der Waals surface area contributed by atoms with E-state index in [1.807, 2.05) is 18.2 Å². The molecule has 0 atom stereocenters. The number of nitrogens with one attached hydrogen (secondary N) is 1. The van der Waals surface area contributed by atoms with Gasteiger partial charge in [-0.25, -0.2) is 0 Å². The molecule has 0 unspecified atom stereocenters. The molecule has 2 N–H and O–H groups in total. The maximum absolute atomic E-state index is 12.0. The zero-order valence-electron chi connectivity index (χ0n) is 9.31. The van der Waals surface area contributed by atoms with Crippen molar-refractivity contribution in [2.75, 3.05) is 0 Å². The monoisotopic (exact) mass is 227 g/mol. The highest BCUT2D eigenvalue weighted by Crippen LogP contribution is 2.24. The van der Waals surface area contributed by atoms with Crippen molar-refractivity contribution in [3.63, 3.8) is 0 Å². The number of phenolic OH excluding ortho intramolecular Hbond substituents is 1. The van der Waals surface area contributed by atoms with Crippen molar-refractivity contribution >= 4 is 16.7 Å². The van der Waals surface area contributed by atoms with Crippen LogP contribution in [0.1, 0.15) is 23.2 Å². The molecule has 1 aliphatic rings. The van der Waals surface area contributed by atoms with Crippen LogP contribution in [0.4, 0.5) is 0 Å². The lowest BCUT2D eigenvalue weighted by Gasteiger charge is -2.07. The molecule has 0 saturated heterocycles. The Hall–Kier alpha value is -2.03. The number of rotatable bonds is 2. The van der Waals surface area contributed by atoms with Crippen molar-refractivity contribution < 1.29 is 9.90 Å². The van der Waals surface area contributed by atoms with E-state index >= 15 is 0 Å². The van der Waals surface area contributed by atoms with Crippen molar-refractivity contribution in [1.29, 1.82) is 0 Å². The zero-order valence-corrected chi connectivity index (χ0v) is 9.31. The largest absolute Gasteiger partial charge is 0.508 e. The maximum Gasteiger partial charge on any atom is 0.252 e. The average molecular weight is 227 g/mol. The molecule has 3 nitrogen and oxygen atoms in total. The van der Waals surface area contributed by atoms with Crippen molar-refractivity contribution in [2.24, 2.45) is 0 Å². The van der Waals surface area contributed by atoms with Gasteiger partial charge in [-0.1, -0.05) is 12.1 Å². The smallest absolute Gasteiger partial charge is 0.252 e. The van der Waals surface area contributed by atoms with Gasteiger partial charge in [-0.05, 0) is 47.9 Å². The van der Waals surface area contributed by atoms with E-state index in [0.717, 1.165) is 23.6 Å². The van der Waals surface area contributed by atoms with Crippen LogP contribution in [-0.4, -0.2) is 17.1 Å². The Morgan fingerprint density at radius 2 is 2.06 bits per heavy atom. The third kappa shape index (κ3) is 1.96. The van der Waals surface area contributed by atoms with Gasteiger partial charge in [0.25, 0.3) is 5.91 Å². The summed E-state index contributed by atoms with van der Waals surface area (Å²) in [6.45, 7) is 0. The van der Waals surface area contributed by atoms with Crippen LogP contribution in [-0.2, 0) is 0 Å². The van der Waals surface area contributed by atoms with Crippen LogP contribution in [0.3, 0.4) is 0 Å². The molecular weight excluding hydrogens is 214 g/mol. The van der Waals surface area contributed by atoms with Crippen LogP contribution in [0, 0.1) is 0 Å². The van der Waals surface area contributed by atoms with Crippen LogP contribution in [0.25, 0.3) is 10.8 Å². The van der Waals surface area contributed by atoms with E-state index in [1.54, 1.807) is 18.2 Å². The minimum Gasteiger partial charge on any atom is -0.508 e. The minimum atomic E-state index is -0.0243. The Balaban J connectivity index is 2.05. The first-order valence-electron chi connectivity index (χ1n) is 5.76. The predicted molar refractivity (Wildman–Crippen MR) is 66.1 cm³/mol. The summed E-state index contributed by atoms with van der Waals surface area (Å²) in [4.78, 5) is 12.0. The third-order valence-corrected chi connectivity index (χ3v) is 3.02. The number of benzene rings is 2. The van der Waals surface area contributed by atoms with E-state index < -0.39 is 0 Å². The second-order valence-electron chi connectivity index (χ2n) is 4.46. The number of hydrogen-bond acceptors (Lipinski definition) is 2. The number of carbonyl (C=O) groups excluding carboxylic acids is 1. The van der Waals surface area contributed by atoms with Gasteiger partial charge in [0.15, 0.2) is 0 Å². The second-order valence-corrected chi connectivity index (χ2v) is 4.46. The molecule has 1 fully saturated rings. The fourth-order valence-corrected chi connectivity index (χ4v) is 1.96. The van der Waals surface area contributed by atoms with Crippen LogP contribution < -0.4 is 5.32 Å². The Labute approximate surface area is 99.1 Å². The molecule has 0 spiro atoms. The first-order valence-corrected chi connectivity index (χ1v) is 5.76. The predicted octanol–water partition coefficient (Wildman–Crippen LogP) is 2.44. The van der Waals surface area contributed by atoms with Gasteiger partial charge >= 0.3 is 0 Å². The van der Waals surface area contributed by atoms with Gasteiger partial charge in [0.1, 0.15) is 5.75 Å². The van der Waals surface area contributed by atoms with Gasteiger partial charge in [-0.15, -0.1) is 0 Å². The summed E-state index contributed by atoms with van der Waals surface area (Å²) >= 11 is 0. The summed E-state index contributed by atoms with van der Waals surface area (Å²) in [5.74, 6) is 0.195. The fraction of sp³-hybridized carbons (Fsp3) is 0.214. The number of phenols is 1. The number of hydrogen-bond donors (Lipinski definition) is 2. The quantitative estimate of drug-likeness (QED) is 0.827. The summed E-state index contributed by atoms with van der Waals surface area (Å²) in [6.07, 6.45) is 2.16. The first kappa shape index (κ1) is 10.1. The maximum atomic E-state index is 12.0. The second kappa shape index (κ2) is 3.77. The molecule has 0 bridgehead atoms. The van der Waals surface area contributed by atoms with E-state index in [9.17, 15) is 9.90 Å². The Morgan fingerprint density at radius 3 is 2.82 bits per heavy atom. The van der Waals surface area contributed by atoms with Gasteiger partial charge in [0.2, 0.25) is 0 Å². The van der Waals surface area contributed by atoms with Crippen LogP contribution in [0.5, 0.6) is 5.75 Å². The normalized spacial score (nSPS) is 14.8. The standard InChI is InChI=1S/C14H13NO2/c16-11-6-7-12-9(8-11)2-1-3-13(12)14(17)15-10-4-5-10/h1-3,6-8,10,16H,4-5H2,(H,15,17). The molecule has 3 heteroatoms. The van der Waals surface area contributed by atoms with E-state index in [2.05, 4.69) is 5.32 Å². The van der Waals surface area contributed by atoms with Gasteiger partial charge < -0.3 is 10.4 Å². The fourth-order valence-electron chi connectivity index (χ4n) is 1.96. The van der Waals surface area contributed by atoms with E-state index in [0.29, 0.717) is 11.6 Å². The van der Waals surface area contributed by atoms with Crippen molar-refractivity contribution in [3.8, 4) is 5.75 Å². The summed E-state index contributed by atoms with van der Waals surface area (Å²) in [6, 6.07) is 11.0. The highest BCUT2D eigenvalue weighted by Gasteiger charge is 2.24. The number of fused-ring (bicyclic) bond motifs is 1. The molecule has 86 valence electrons. The van der Waals surface area contributed by atoms with Gasteiger partial charge in [0.05, 0.1) is 0 Å². The van der Waals surface area contributed by atoms with E-state index in [-0.39, 0.29) is 11.7 Å². The van der Waals surface area contributed by atoms with Crippen molar-refractivity contribution in [3.05, 3.63) is 42.0 Å². The third-order valence-electron chi connectivity index (χ3n) is 3.02. The summed E-state index contributed by atoms with van der Waals surface area (Å²) in [5.41, 5.74) is 0.675. The number of carbonyl (C=O) groups is 1. The van der Waals surface area contributed by atoms with Crippen LogP contribution in [0.15, 0.2) is 36.4 Å². The molecule has 1 saturated carbocycles. The number of aromatic hydroxyl groups is 1. The molecule has 0 heterocycles. The van der Waals surface area contributed by atoms with Gasteiger partial charge in [-0.2, -0.15) is 0 Å². The lowest BCUT2D eigenvalue weighted by molar-refractivity contribution is 0.0952. The van der Waals surface area contributed by atoms with Crippen LogP contribution in [0.2, 0.25) is 0 Å². The summed E-state index contributed by atoms with van der Waals surface area (Å²) in [7, 11) is 0. The minimum absolute atomic E-state index is 0.0243. The Bertz CT molecular complexity index is 588. The van der Waals surface area contributed by atoms with Gasteiger partial charge in [-0.3, -0.25) is 4.79 Å². The molecule has 1 amide bonds. The first-order chi connectivity index (χ1) is 8.24. The Morgan fingerprint density at radius 1 is 1.24 bits per heavy atom. The zero-order chi connectivity index (χ0) is 11.8. The molecule has 0 radical (unpaired) electrons. The van der Waals surface area contributed by atoms with Gasteiger partial charge in [0, 0.05) is 11.6 Å². The molecule has 17 heavy (non-hydrogen) atoms. The molecule has 2 aromatic carbocycles. The number of amides is 1. The van der Waals surface area contributed by atoms with Crippen LogP contribution >= 0.6 is 0 Å². The SMILES string of the molecule is O=C(NC1CC1)c1cccc2cc(O)ccc12.